The van der Waals surface area contributed by atoms with Crippen molar-refractivity contribution in [1.82, 2.24) is 10.2 Å². The minimum atomic E-state index is 0.649. The van der Waals surface area contributed by atoms with Crippen LogP contribution >= 0.6 is 0 Å². The van der Waals surface area contributed by atoms with E-state index in [1.54, 1.807) is 0 Å². The van der Waals surface area contributed by atoms with E-state index in [-0.39, 0.29) is 0 Å². The van der Waals surface area contributed by atoms with Crippen molar-refractivity contribution < 1.29 is 0 Å². The highest BCUT2D eigenvalue weighted by molar-refractivity contribution is 4.72. The lowest BCUT2D eigenvalue weighted by atomic mass is 9.96. The van der Waals surface area contributed by atoms with Crippen molar-refractivity contribution in [2.75, 3.05) is 20.6 Å². The minimum Gasteiger partial charge on any atom is -0.312 e. The molecule has 0 saturated heterocycles. The van der Waals surface area contributed by atoms with Gasteiger partial charge in [0.2, 0.25) is 0 Å². The average Bonchev–Trinajstić information content (AvgIpc) is 2.15. The first kappa shape index (κ1) is 13.0. The Kier molecular flexibility index (Phi) is 6.26. The fourth-order valence-electron chi connectivity index (χ4n) is 2.18. The van der Waals surface area contributed by atoms with Gasteiger partial charge in [0.25, 0.3) is 0 Å². The number of nitrogens with one attached hydrogen (secondary N) is 1. The molecule has 2 heteroatoms. The maximum atomic E-state index is 3.73. The van der Waals surface area contributed by atoms with Crippen LogP contribution in [0.3, 0.4) is 0 Å². The molecule has 1 aliphatic carbocycles. The van der Waals surface area contributed by atoms with Crippen molar-refractivity contribution in [3.8, 4) is 0 Å². The van der Waals surface area contributed by atoms with Crippen LogP contribution in [0.1, 0.15) is 51.9 Å². The summed E-state index contributed by atoms with van der Waals surface area (Å²) in [6.07, 6.45) is 9.98. The molecule has 1 N–H and O–H groups in total. The van der Waals surface area contributed by atoms with Crippen LogP contribution in [0.4, 0.5) is 0 Å². The Hall–Kier alpha value is -0.0800. The zero-order chi connectivity index (χ0) is 11.1. The van der Waals surface area contributed by atoms with E-state index in [9.17, 15) is 0 Å². The van der Waals surface area contributed by atoms with Gasteiger partial charge in [-0.3, -0.25) is 0 Å². The third kappa shape index (κ3) is 5.53. The van der Waals surface area contributed by atoms with Crippen molar-refractivity contribution in [3.05, 3.63) is 0 Å². The maximum absolute atomic E-state index is 3.73. The van der Waals surface area contributed by atoms with Gasteiger partial charge in [0, 0.05) is 18.6 Å². The van der Waals surface area contributed by atoms with Crippen molar-refractivity contribution in [2.24, 2.45) is 0 Å². The van der Waals surface area contributed by atoms with Crippen LogP contribution in [-0.4, -0.2) is 37.6 Å². The predicted octanol–water partition coefficient (Wildman–Crippen LogP) is 2.64. The Balaban J connectivity index is 2.17. The minimum absolute atomic E-state index is 0.649. The molecule has 1 rings (SSSR count). The molecule has 15 heavy (non-hydrogen) atoms. The summed E-state index contributed by atoms with van der Waals surface area (Å²) >= 11 is 0. The van der Waals surface area contributed by atoms with Crippen LogP contribution < -0.4 is 5.32 Å². The van der Waals surface area contributed by atoms with E-state index < -0.39 is 0 Å². The zero-order valence-corrected chi connectivity index (χ0v) is 10.8. The van der Waals surface area contributed by atoms with E-state index in [1.807, 2.05) is 0 Å². The van der Waals surface area contributed by atoms with Gasteiger partial charge in [-0.15, -0.1) is 0 Å². The van der Waals surface area contributed by atoms with Crippen LogP contribution in [0.5, 0.6) is 0 Å². The molecule has 1 saturated carbocycles. The molecular weight excluding hydrogens is 184 g/mol. The molecule has 0 bridgehead atoms. The van der Waals surface area contributed by atoms with Crippen LogP contribution in [0.15, 0.2) is 0 Å². The molecule has 0 heterocycles. The molecule has 1 aliphatic rings. The number of nitrogens with zero attached hydrogens (tertiary/aromatic N) is 1. The number of hydrogen-bond donors (Lipinski definition) is 1. The van der Waals surface area contributed by atoms with Gasteiger partial charge in [-0.25, -0.2) is 0 Å². The van der Waals surface area contributed by atoms with Gasteiger partial charge in [0.15, 0.2) is 0 Å². The Morgan fingerprint density at radius 2 is 1.60 bits per heavy atom. The number of hydrogen-bond acceptors (Lipinski definition) is 2. The highest BCUT2D eigenvalue weighted by atomic mass is 15.1. The lowest BCUT2D eigenvalue weighted by Gasteiger charge is -2.25. The molecule has 0 amide bonds. The molecule has 0 aromatic heterocycles. The van der Waals surface area contributed by atoms with Crippen LogP contribution in [0.25, 0.3) is 0 Å². The second kappa shape index (κ2) is 7.24. The highest BCUT2D eigenvalue weighted by Gasteiger charge is 2.12. The van der Waals surface area contributed by atoms with Gasteiger partial charge in [0.05, 0.1) is 0 Å². The number of likely N-dealkylation sites (N-methyl/N-ethyl adjacent to an activating group) is 1. The first-order chi connectivity index (χ1) is 7.20. The van der Waals surface area contributed by atoms with E-state index in [0.29, 0.717) is 6.04 Å². The van der Waals surface area contributed by atoms with E-state index >= 15 is 0 Å². The molecule has 1 fully saturated rings. The molecule has 0 radical (unpaired) electrons. The van der Waals surface area contributed by atoms with Gasteiger partial charge in [-0.05, 0) is 33.9 Å². The summed E-state index contributed by atoms with van der Waals surface area (Å²) in [7, 11) is 4.31. The van der Waals surface area contributed by atoms with Crippen LogP contribution in [-0.2, 0) is 0 Å². The molecule has 0 aromatic rings. The van der Waals surface area contributed by atoms with E-state index in [4.69, 9.17) is 0 Å². The topological polar surface area (TPSA) is 15.3 Å². The summed E-state index contributed by atoms with van der Waals surface area (Å²) in [5, 5.41) is 3.73. The summed E-state index contributed by atoms with van der Waals surface area (Å²) in [6.45, 7) is 3.42. The molecule has 0 aliphatic heterocycles. The molecule has 1 unspecified atom stereocenters. The van der Waals surface area contributed by atoms with Gasteiger partial charge < -0.3 is 10.2 Å². The molecule has 0 aromatic carbocycles. The molecule has 0 spiro atoms. The van der Waals surface area contributed by atoms with Gasteiger partial charge in [0.1, 0.15) is 0 Å². The van der Waals surface area contributed by atoms with Gasteiger partial charge >= 0.3 is 0 Å². The summed E-state index contributed by atoms with van der Waals surface area (Å²) in [6, 6.07) is 1.43. The lowest BCUT2D eigenvalue weighted by Crippen LogP contribution is -2.40. The Bertz CT molecular complexity index is 149. The van der Waals surface area contributed by atoms with Gasteiger partial charge in [-0.2, -0.15) is 0 Å². The smallest absolute Gasteiger partial charge is 0.0186 e. The SMILES string of the molecule is CC(CNC1CCCCCCC1)N(C)C. The summed E-state index contributed by atoms with van der Waals surface area (Å²) in [5.41, 5.74) is 0. The first-order valence-corrected chi connectivity index (χ1v) is 6.60. The van der Waals surface area contributed by atoms with Crippen LogP contribution in [0, 0.1) is 0 Å². The second-order valence-corrected chi connectivity index (χ2v) is 5.26. The molecule has 1 atom stereocenters. The molecule has 2 nitrogen and oxygen atoms in total. The lowest BCUT2D eigenvalue weighted by molar-refractivity contribution is 0.281. The Morgan fingerprint density at radius 1 is 1.07 bits per heavy atom. The second-order valence-electron chi connectivity index (χ2n) is 5.26. The molecule has 90 valence electrons. The average molecular weight is 212 g/mol. The summed E-state index contributed by atoms with van der Waals surface area (Å²) in [4.78, 5) is 2.29. The maximum Gasteiger partial charge on any atom is 0.0186 e. The summed E-state index contributed by atoms with van der Waals surface area (Å²) in [5.74, 6) is 0. The first-order valence-electron chi connectivity index (χ1n) is 6.60. The normalized spacial score (nSPS) is 22.4. The van der Waals surface area contributed by atoms with E-state index in [2.05, 4.69) is 31.2 Å². The van der Waals surface area contributed by atoms with Crippen molar-refractivity contribution in [3.63, 3.8) is 0 Å². The fourth-order valence-corrected chi connectivity index (χ4v) is 2.18. The fraction of sp³-hybridized carbons (Fsp3) is 1.00. The van der Waals surface area contributed by atoms with Gasteiger partial charge in [-0.1, -0.05) is 32.1 Å². The highest BCUT2D eigenvalue weighted by Crippen LogP contribution is 2.17. The number of rotatable bonds is 4. The van der Waals surface area contributed by atoms with Crippen molar-refractivity contribution in [2.45, 2.75) is 64.0 Å². The standard InChI is InChI=1S/C13H28N2/c1-12(15(2)3)11-14-13-9-7-5-4-6-8-10-13/h12-14H,4-11H2,1-3H3. The quantitative estimate of drug-likeness (QED) is 0.770. The summed E-state index contributed by atoms with van der Waals surface area (Å²) < 4.78 is 0. The Labute approximate surface area is 95.4 Å². The van der Waals surface area contributed by atoms with Crippen molar-refractivity contribution >= 4 is 0 Å². The third-order valence-electron chi connectivity index (χ3n) is 3.69. The zero-order valence-electron chi connectivity index (χ0n) is 10.8. The third-order valence-corrected chi connectivity index (χ3v) is 3.69. The van der Waals surface area contributed by atoms with Crippen molar-refractivity contribution in [1.29, 1.82) is 0 Å². The predicted molar refractivity (Wildman–Crippen MR) is 67.3 cm³/mol. The largest absolute Gasteiger partial charge is 0.312 e. The van der Waals surface area contributed by atoms with E-state index in [0.717, 1.165) is 12.6 Å². The monoisotopic (exact) mass is 212 g/mol. The van der Waals surface area contributed by atoms with E-state index in [1.165, 1.54) is 44.9 Å². The van der Waals surface area contributed by atoms with Crippen LogP contribution in [0.2, 0.25) is 0 Å². The molecular formula is C13H28N2. The Morgan fingerprint density at radius 3 is 2.13 bits per heavy atom.